The lowest BCUT2D eigenvalue weighted by Crippen LogP contribution is -2.46. The van der Waals surface area contributed by atoms with E-state index in [9.17, 15) is 33.6 Å². The Morgan fingerprint density at radius 2 is 1.90 bits per heavy atom. The number of hydrogen-bond acceptors (Lipinski definition) is 5. The molecule has 0 saturated carbocycles. The molecule has 0 bridgehead atoms. The highest BCUT2D eigenvalue weighted by Crippen LogP contribution is 2.22. The van der Waals surface area contributed by atoms with Gasteiger partial charge < -0.3 is 15.5 Å². The Bertz CT molecular complexity index is 617. The number of carbonyl (C=O) groups excluding carboxylic acids is 1. The first-order chi connectivity index (χ1) is 9.56. The summed E-state index contributed by atoms with van der Waals surface area (Å²) in [6.07, 6.45) is 0. The lowest BCUT2D eigenvalue weighted by Gasteiger charge is -2.18. The zero-order valence-electron chi connectivity index (χ0n) is 10.6. The zero-order chi connectivity index (χ0) is 16.4. The lowest BCUT2D eigenvalue weighted by atomic mass is 10.1. The molecule has 0 fully saturated rings. The summed E-state index contributed by atoms with van der Waals surface area (Å²) in [6.45, 7) is 0.104. The first kappa shape index (κ1) is 16.4. The topological polar surface area (TPSA) is 130 Å². The molecule has 0 radical (unpaired) electrons. The summed E-state index contributed by atoms with van der Waals surface area (Å²) >= 11 is 0. The van der Waals surface area contributed by atoms with Gasteiger partial charge in [-0.15, -0.1) is 0 Å². The van der Waals surface area contributed by atoms with Crippen LogP contribution < -0.4 is 5.32 Å². The number of benzene rings is 1. The van der Waals surface area contributed by atoms with Crippen LogP contribution in [0, 0.1) is 21.7 Å². The fourth-order valence-corrected chi connectivity index (χ4v) is 1.29. The number of aliphatic hydroxyl groups is 1. The third kappa shape index (κ3) is 3.69. The van der Waals surface area contributed by atoms with Gasteiger partial charge in [-0.2, -0.15) is 0 Å². The van der Waals surface area contributed by atoms with E-state index in [1.807, 2.05) is 5.32 Å². The van der Waals surface area contributed by atoms with E-state index in [2.05, 4.69) is 0 Å². The van der Waals surface area contributed by atoms with Gasteiger partial charge in [-0.05, 0) is 13.0 Å². The molecule has 1 rings (SSSR count). The van der Waals surface area contributed by atoms with E-state index in [1.54, 1.807) is 0 Å². The van der Waals surface area contributed by atoms with Crippen LogP contribution >= 0.6 is 0 Å². The predicted molar refractivity (Wildman–Crippen MR) is 63.6 cm³/mol. The van der Waals surface area contributed by atoms with Crippen molar-refractivity contribution in [2.45, 2.75) is 12.5 Å². The molecule has 0 heterocycles. The molecule has 1 aromatic carbocycles. The van der Waals surface area contributed by atoms with Crippen LogP contribution in [-0.2, 0) is 4.79 Å². The molecule has 0 aliphatic carbocycles. The minimum Gasteiger partial charge on any atom is -0.479 e. The Kier molecular flexibility index (Phi) is 4.53. The van der Waals surface area contributed by atoms with E-state index in [0.29, 0.717) is 6.07 Å². The number of hydrogen-bond donors (Lipinski definition) is 3. The maximum atomic E-state index is 13.1. The number of carboxylic acid groups (broad SMARTS) is 1. The van der Waals surface area contributed by atoms with Crippen molar-refractivity contribution in [3.63, 3.8) is 0 Å². The maximum absolute atomic E-state index is 13.1. The van der Waals surface area contributed by atoms with E-state index >= 15 is 0 Å². The first-order valence-electron chi connectivity index (χ1n) is 5.43. The fraction of sp³-hybridized carbons (Fsp3) is 0.273. The largest absolute Gasteiger partial charge is 0.479 e. The van der Waals surface area contributed by atoms with Crippen LogP contribution in [0.2, 0.25) is 0 Å². The minimum absolute atomic E-state index is 0.236. The Morgan fingerprint density at radius 3 is 2.38 bits per heavy atom. The molecule has 1 amide bonds. The van der Waals surface area contributed by atoms with Gasteiger partial charge in [0.1, 0.15) is 5.56 Å². The van der Waals surface area contributed by atoms with Gasteiger partial charge in [0.25, 0.3) is 11.6 Å². The summed E-state index contributed by atoms with van der Waals surface area (Å²) in [4.78, 5) is 31.9. The van der Waals surface area contributed by atoms with E-state index in [4.69, 9.17) is 5.11 Å². The summed E-state index contributed by atoms with van der Waals surface area (Å²) in [5, 5.41) is 30.6. The third-order valence-electron chi connectivity index (χ3n) is 2.53. The number of nitrogens with zero attached hydrogens (tertiary/aromatic N) is 1. The quantitative estimate of drug-likeness (QED) is 0.534. The van der Waals surface area contributed by atoms with Crippen molar-refractivity contribution in [3.05, 3.63) is 39.4 Å². The normalized spacial score (nSPS) is 13.3. The number of nitro groups is 1. The summed E-state index contributed by atoms with van der Waals surface area (Å²) in [5.41, 5.74) is -4.09. The van der Waals surface area contributed by atoms with Crippen LogP contribution in [-0.4, -0.2) is 39.2 Å². The molecule has 0 aliphatic rings. The number of nitrogens with one attached hydrogen (secondary N) is 1. The molecule has 1 unspecified atom stereocenters. The predicted octanol–water partition coefficient (Wildman–Crippen LogP) is 0.438. The highest BCUT2D eigenvalue weighted by molar-refractivity contribution is 5.98. The van der Waals surface area contributed by atoms with Crippen molar-refractivity contribution in [1.82, 2.24) is 5.32 Å². The number of amides is 1. The van der Waals surface area contributed by atoms with Gasteiger partial charge in [0.05, 0.1) is 17.5 Å². The fourth-order valence-electron chi connectivity index (χ4n) is 1.29. The Morgan fingerprint density at radius 1 is 1.38 bits per heavy atom. The van der Waals surface area contributed by atoms with Crippen LogP contribution in [0.1, 0.15) is 17.3 Å². The van der Waals surface area contributed by atoms with Crippen molar-refractivity contribution in [1.29, 1.82) is 0 Å². The van der Waals surface area contributed by atoms with Gasteiger partial charge in [-0.1, -0.05) is 0 Å². The molecule has 0 aromatic heterocycles. The van der Waals surface area contributed by atoms with Gasteiger partial charge in [-0.25, -0.2) is 13.6 Å². The molecular formula is C11H10F2N2O6. The van der Waals surface area contributed by atoms with E-state index in [-0.39, 0.29) is 6.07 Å². The molecule has 1 aromatic rings. The third-order valence-corrected chi connectivity index (χ3v) is 2.53. The van der Waals surface area contributed by atoms with E-state index < -0.39 is 51.8 Å². The first-order valence-corrected chi connectivity index (χ1v) is 5.43. The molecule has 3 N–H and O–H groups in total. The molecule has 8 nitrogen and oxygen atoms in total. The second kappa shape index (κ2) is 5.79. The summed E-state index contributed by atoms with van der Waals surface area (Å²) < 4.78 is 26.0. The molecule has 114 valence electrons. The molecular weight excluding hydrogens is 294 g/mol. The number of rotatable bonds is 5. The number of halogens is 2. The number of carbonyl (C=O) groups is 2. The highest BCUT2D eigenvalue weighted by Gasteiger charge is 2.32. The van der Waals surface area contributed by atoms with Crippen molar-refractivity contribution in [2.75, 3.05) is 6.54 Å². The number of carboxylic acids is 1. The van der Waals surface area contributed by atoms with Gasteiger partial charge in [0.15, 0.2) is 17.2 Å². The Hall–Kier alpha value is -2.62. The van der Waals surface area contributed by atoms with Crippen LogP contribution in [0.5, 0.6) is 0 Å². The van der Waals surface area contributed by atoms with Gasteiger partial charge in [0.2, 0.25) is 0 Å². The molecule has 21 heavy (non-hydrogen) atoms. The Balaban J connectivity index is 3.05. The minimum atomic E-state index is -2.32. The standard InChI is InChI=1S/C11H10F2N2O6/c1-11(19,10(17)18)4-14-9(16)5-2-6(12)7(13)3-8(5)15(20)21/h2-3,19H,4H2,1H3,(H,14,16)(H,17,18). The number of aliphatic carboxylic acids is 1. The van der Waals surface area contributed by atoms with Gasteiger partial charge >= 0.3 is 5.97 Å². The monoisotopic (exact) mass is 304 g/mol. The highest BCUT2D eigenvalue weighted by atomic mass is 19.2. The second-order valence-electron chi connectivity index (χ2n) is 4.30. The van der Waals surface area contributed by atoms with Crippen molar-refractivity contribution in [2.24, 2.45) is 0 Å². The molecule has 0 aliphatic heterocycles. The van der Waals surface area contributed by atoms with Crippen molar-refractivity contribution < 1.29 is 33.5 Å². The second-order valence-corrected chi connectivity index (χ2v) is 4.30. The molecule has 0 spiro atoms. The van der Waals surface area contributed by atoms with Crippen LogP contribution in [0.25, 0.3) is 0 Å². The summed E-state index contributed by atoms with van der Waals surface area (Å²) in [5.74, 6) is -5.84. The maximum Gasteiger partial charge on any atom is 0.337 e. The van der Waals surface area contributed by atoms with Gasteiger partial charge in [0, 0.05) is 0 Å². The average Bonchev–Trinajstić information content (AvgIpc) is 2.38. The molecule has 1 atom stereocenters. The van der Waals surface area contributed by atoms with E-state index in [1.165, 1.54) is 0 Å². The number of nitro benzene ring substituents is 1. The van der Waals surface area contributed by atoms with Crippen LogP contribution in [0.15, 0.2) is 12.1 Å². The average molecular weight is 304 g/mol. The van der Waals surface area contributed by atoms with Gasteiger partial charge in [-0.3, -0.25) is 14.9 Å². The molecule has 0 saturated heterocycles. The van der Waals surface area contributed by atoms with Crippen LogP contribution in [0.4, 0.5) is 14.5 Å². The zero-order valence-corrected chi connectivity index (χ0v) is 10.6. The smallest absolute Gasteiger partial charge is 0.337 e. The SMILES string of the molecule is CC(O)(CNC(=O)c1cc(F)c(F)cc1[N+](=O)[O-])C(=O)O. The van der Waals surface area contributed by atoms with Crippen LogP contribution in [0.3, 0.4) is 0 Å². The van der Waals surface area contributed by atoms with Crippen molar-refractivity contribution >= 4 is 17.6 Å². The lowest BCUT2D eigenvalue weighted by molar-refractivity contribution is -0.385. The Labute approximate surface area is 116 Å². The van der Waals surface area contributed by atoms with Crippen molar-refractivity contribution in [3.8, 4) is 0 Å². The molecule has 10 heteroatoms. The summed E-state index contributed by atoms with van der Waals surface area (Å²) in [7, 11) is 0. The van der Waals surface area contributed by atoms with E-state index in [0.717, 1.165) is 6.92 Å². The summed E-state index contributed by atoms with van der Waals surface area (Å²) in [6, 6.07) is 0.553.